The first kappa shape index (κ1) is 18.3. The van der Waals surface area contributed by atoms with Crippen LogP contribution in [0.4, 0.5) is 4.39 Å². The minimum atomic E-state index is -3.64. The second kappa shape index (κ2) is 9.22. The number of rotatable bonds is 8. The van der Waals surface area contributed by atoms with Gasteiger partial charge in [0.15, 0.2) is 0 Å². The molecule has 0 aromatic heterocycles. The third-order valence-corrected chi connectivity index (χ3v) is 3.64. The monoisotopic (exact) mass is 312 g/mol. The Balaban J connectivity index is 0.00000324. The lowest BCUT2D eigenvalue weighted by molar-refractivity contribution is 0.199. The smallest absolute Gasteiger partial charge is 0.240 e. The molecule has 1 aromatic rings. The number of sulfonamides is 1. The zero-order chi connectivity index (χ0) is 13.4. The fraction of sp³-hybridized carbons (Fsp3) is 0.455. The molecule has 0 aliphatic heterocycles. The maximum atomic E-state index is 12.9. The summed E-state index contributed by atoms with van der Waals surface area (Å²) in [6, 6.07) is 4.90. The molecule has 1 aromatic carbocycles. The van der Waals surface area contributed by atoms with Crippen LogP contribution in [0.5, 0.6) is 0 Å². The van der Waals surface area contributed by atoms with Crippen molar-refractivity contribution in [3.8, 4) is 0 Å². The van der Waals surface area contributed by atoms with Crippen LogP contribution in [0.1, 0.15) is 0 Å². The Morgan fingerprint density at radius 1 is 1.26 bits per heavy atom. The van der Waals surface area contributed by atoms with Crippen molar-refractivity contribution in [2.45, 2.75) is 4.90 Å². The van der Waals surface area contributed by atoms with E-state index >= 15 is 0 Å². The molecule has 0 radical (unpaired) electrons. The zero-order valence-electron chi connectivity index (χ0n) is 10.6. The fourth-order valence-electron chi connectivity index (χ4n) is 1.29. The van der Waals surface area contributed by atoms with Gasteiger partial charge in [0, 0.05) is 26.7 Å². The Morgan fingerprint density at radius 3 is 2.63 bits per heavy atom. The molecule has 110 valence electrons. The van der Waals surface area contributed by atoms with E-state index in [2.05, 4.69) is 10.0 Å². The fourth-order valence-corrected chi connectivity index (χ4v) is 2.35. The molecule has 0 atom stereocenters. The summed E-state index contributed by atoms with van der Waals surface area (Å²) in [5.41, 5.74) is 0. The van der Waals surface area contributed by atoms with E-state index in [-0.39, 0.29) is 23.8 Å². The van der Waals surface area contributed by atoms with Crippen molar-refractivity contribution in [1.29, 1.82) is 0 Å². The predicted molar refractivity (Wildman–Crippen MR) is 73.6 cm³/mol. The van der Waals surface area contributed by atoms with Gasteiger partial charge in [-0.25, -0.2) is 17.5 Å². The van der Waals surface area contributed by atoms with Gasteiger partial charge in [-0.3, -0.25) is 0 Å². The number of hydrogen-bond donors (Lipinski definition) is 2. The van der Waals surface area contributed by atoms with Crippen LogP contribution in [0.25, 0.3) is 0 Å². The van der Waals surface area contributed by atoms with E-state index in [0.717, 1.165) is 6.07 Å². The molecular formula is C11H18ClFN2O3S. The Bertz CT molecular complexity index is 471. The number of halogens is 2. The number of methoxy groups -OCH3 is 1. The number of ether oxygens (including phenoxy) is 1. The van der Waals surface area contributed by atoms with Gasteiger partial charge in [-0.05, 0) is 18.2 Å². The van der Waals surface area contributed by atoms with Gasteiger partial charge >= 0.3 is 0 Å². The van der Waals surface area contributed by atoms with Gasteiger partial charge in [0.05, 0.1) is 11.5 Å². The average Bonchev–Trinajstić information content (AvgIpc) is 2.33. The molecule has 0 heterocycles. The number of benzene rings is 1. The molecule has 5 nitrogen and oxygen atoms in total. The second-order valence-electron chi connectivity index (χ2n) is 3.60. The molecule has 0 bridgehead atoms. The first-order chi connectivity index (χ1) is 8.56. The van der Waals surface area contributed by atoms with Crippen molar-refractivity contribution in [3.63, 3.8) is 0 Å². The summed E-state index contributed by atoms with van der Waals surface area (Å²) in [6.45, 7) is 1.94. The molecule has 0 unspecified atom stereocenters. The largest absolute Gasteiger partial charge is 0.383 e. The van der Waals surface area contributed by atoms with Crippen LogP contribution in [0, 0.1) is 5.82 Å². The molecular weight excluding hydrogens is 295 g/mol. The lowest BCUT2D eigenvalue weighted by Crippen LogP contribution is -2.33. The van der Waals surface area contributed by atoms with Gasteiger partial charge in [-0.15, -0.1) is 12.4 Å². The highest BCUT2D eigenvalue weighted by molar-refractivity contribution is 7.89. The minimum absolute atomic E-state index is 0. The minimum Gasteiger partial charge on any atom is -0.383 e. The molecule has 8 heteroatoms. The van der Waals surface area contributed by atoms with Gasteiger partial charge < -0.3 is 10.1 Å². The van der Waals surface area contributed by atoms with E-state index in [4.69, 9.17) is 4.74 Å². The van der Waals surface area contributed by atoms with E-state index in [1.807, 2.05) is 0 Å². The van der Waals surface area contributed by atoms with Crippen LogP contribution in [0.2, 0.25) is 0 Å². The molecule has 0 aliphatic carbocycles. The number of nitrogens with one attached hydrogen (secondary N) is 2. The summed E-state index contributed by atoms with van der Waals surface area (Å²) in [7, 11) is -2.05. The lowest BCUT2D eigenvalue weighted by Gasteiger charge is -2.07. The third-order valence-electron chi connectivity index (χ3n) is 2.18. The van der Waals surface area contributed by atoms with E-state index in [9.17, 15) is 12.8 Å². The van der Waals surface area contributed by atoms with Crippen molar-refractivity contribution in [2.75, 3.05) is 33.4 Å². The summed E-state index contributed by atoms with van der Waals surface area (Å²) < 4.78 is 43.6. The SMILES string of the molecule is COCCNCCNS(=O)(=O)c1cccc(F)c1.Cl. The maximum Gasteiger partial charge on any atom is 0.240 e. The van der Waals surface area contributed by atoms with Crippen molar-refractivity contribution in [3.05, 3.63) is 30.1 Å². The number of hydrogen-bond acceptors (Lipinski definition) is 4. The van der Waals surface area contributed by atoms with Crippen molar-refractivity contribution >= 4 is 22.4 Å². The van der Waals surface area contributed by atoms with Crippen LogP contribution in [0.3, 0.4) is 0 Å². The second-order valence-corrected chi connectivity index (χ2v) is 5.36. The first-order valence-corrected chi connectivity index (χ1v) is 6.99. The first-order valence-electron chi connectivity index (χ1n) is 5.51. The molecule has 19 heavy (non-hydrogen) atoms. The van der Waals surface area contributed by atoms with Crippen LogP contribution in [-0.2, 0) is 14.8 Å². The highest BCUT2D eigenvalue weighted by Gasteiger charge is 2.13. The normalized spacial score (nSPS) is 11.1. The predicted octanol–water partition coefficient (Wildman–Crippen LogP) is 0.762. The van der Waals surface area contributed by atoms with Gasteiger partial charge in [0.2, 0.25) is 10.0 Å². The highest BCUT2D eigenvalue weighted by atomic mass is 35.5. The zero-order valence-corrected chi connectivity index (χ0v) is 12.2. The lowest BCUT2D eigenvalue weighted by atomic mass is 10.4. The van der Waals surface area contributed by atoms with Crippen molar-refractivity contribution in [1.82, 2.24) is 10.0 Å². The van der Waals surface area contributed by atoms with Gasteiger partial charge in [0.1, 0.15) is 5.82 Å². The topological polar surface area (TPSA) is 67.4 Å². The van der Waals surface area contributed by atoms with E-state index in [1.165, 1.54) is 18.2 Å². The summed E-state index contributed by atoms with van der Waals surface area (Å²) in [6.07, 6.45) is 0. The van der Waals surface area contributed by atoms with E-state index < -0.39 is 15.8 Å². The summed E-state index contributed by atoms with van der Waals surface area (Å²) >= 11 is 0. The summed E-state index contributed by atoms with van der Waals surface area (Å²) in [5, 5.41) is 3.00. The van der Waals surface area contributed by atoms with Crippen LogP contribution in [-0.4, -0.2) is 41.8 Å². The Morgan fingerprint density at radius 2 is 2.00 bits per heavy atom. The molecule has 0 spiro atoms. The van der Waals surface area contributed by atoms with Crippen LogP contribution < -0.4 is 10.0 Å². The average molecular weight is 313 g/mol. The molecule has 0 aliphatic rings. The standard InChI is InChI=1S/C11H17FN2O3S.ClH/c1-17-8-7-13-5-6-14-18(15,16)11-4-2-3-10(12)9-11;/h2-4,9,13-14H,5-8H2,1H3;1H. The quantitative estimate of drug-likeness (QED) is 0.696. The van der Waals surface area contributed by atoms with Crippen molar-refractivity contribution in [2.24, 2.45) is 0 Å². The Hall–Kier alpha value is -0.730. The third kappa shape index (κ3) is 6.84. The van der Waals surface area contributed by atoms with E-state index in [1.54, 1.807) is 7.11 Å². The Kier molecular flexibility index (Phi) is 8.86. The van der Waals surface area contributed by atoms with Gasteiger partial charge in [0.25, 0.3) is 0 Å². The van der Waals surface area contributed by atoms with Crippen LogP contribution in [0.15, 0.2) is 29.2 Å². The highest BCUT2D eigenvalue weighted by Crippen LogP contribution is 2.09. The van der Waals surface area contributed by atoms with E-state index in [0.29, 0.717) is 19.7 Å². The summed E-state index contributed by atoms with van der Waals surface area (Å²) in [5.74, 6) is -0.573. The van der Waals surface area contributed by atoms with Crippen LogP contribution >= 0.6 is 12.4 Å². The molecule has 0 amide bonds. The Labute approximate surface area is 119 Å². The maximum absolute atomic E-state index is 12.9. The van der Waals surface area contributed by atoms with Gasteiger partial charge in [-0.1, -0.05) is 6.07 Å². The summed E-state index contributed by atoms with van der Waals surface area (Å²) in [4.78, 5) is -0.0700. The molecule has 2 N–H and O–H groups in total. The van der Waals surface area contributed by atoms with Crippen molar-refractivity contribution < 1.29 is 17.5 Å². The molecule has 0 saturated carbocycles. The van der Waals surface area contributed by atoms with Gasteiger partial charge in [-0.2, -0.15) is 0 Å². The molecule has 1 rings (SSSR count). The molecule has 0 fully saturated rings. The molecule has 0 saturated heterocycles.